The molecule has 0 N–H and O–H groups in total. The van der Waals surface area contributed by atoms with Crippen molar-refractivity contribution in [2.24, 2.45) is 10.8 Å². The summed E-state index contributed by atoms with van der Waals surface area (Å²) >= 11 is 0. The Morgan fingerprint density at radius 2 is 1.78 bits per heavy atom. The molecule has 5 nitrogen and oxygen atoms in total. The average Bonchev–Trinajstić information content (AvgIpc) is 2.87. The van der Waals surface area contributed by atoms with Gasteiger partial charge in [-0.1, -0.05) is 66.2 Å². The van der Waals surface area contributed by atoms with Crippen LogP contribution >= 0.6 is 0 Å². The zero-order chi connectivity index (χ0) is 24.3. The highest BCUT2D eigenvalue weighted by molar-refractivity contribution is 5.87. The zero-order valence-corrected chi connectivity index (χ0v) is 20.4. The van der Waals surface area contributed by atoms with Gasteiger partial charge >= 0.3 is 0 Å². The van der Waals surface area contributed by atoms with Crippen molar-refractivity contribution in [3.05, 3.63) is 95.3 Å². The first-order valence-corrected chi connectivity index (χ1v) is 12.8. The summed E-state index contributed by atoms with van der Waals surface area (Å²) in [5.41, 5.74) is 6.43. The van der Waals surface area contributed by atoms with Crippen LogP contribution in [0.25, 0.3) is 28.5 Å². The third-order valence-corrected chi connectivity index (χ3v) is 8.30. The number of aryl methyl sites for hydroxylation is 1. The van der Waals surface area contributed by atoms with Crippen LogP contribution in [0.15, 0.2) is 72.9 Å². The largest absolute Gasteiger partial charge is 0.336 e. The van der Waals surface area contributed by atoms with Crippen LogP contribution in [0, 0.1) is 17.8 Å². The Balaban J connectivity index is 1.05. The van der Waals surface area contributed by atoms with E-state index in [9.17, 15) is 4.79 Å². The molecule has 4 aliphatic rings. The van der Waals surface area contributed by atoms with E-state index in [2.05, 4.69) is 54.4 Å². The van der Waals surface area contributed by atoms with Gasteiger partial charge in [0.1, 0.15) is 5.69 Å². The highest BCUT2D eigenvalue weighted by atomic mass is 16.2. The molecular formula is C31H28N4O. The lowest BCUT2D eigenvalue weighted by atomic mass is 9.34. The van der Waals surface area contributed by atoms with E-state index in [0.29, 0.717) is 18.3 Å². The number of pyridine rings is 1. The Hall–Kier alpha value is -3.86. The molecule has 8 rings (SSSR count). The van der Waals surface area contributed by atoms with E-state index in [0.717, 1.165) is 54.5 Å². The van der Waals surface area contributed by atoms with Gasteiger partial charge in [0.05, 0.1) is 23.2 Å². The molecule has 1 aliphatic heterocycles. The van der Waals surface area contributed by atoms with Crippen LogP contribution in [-0.4, -0.2) is 32.3 Å². The molecule has 5 heteroatoms. The highest BCUT2D eigenvalue weighted by Gasteiger charge is 2.70. The topological polar surface area (TPSA) is 59.0 Å². The Kier molecular flexibility index (Phi) is 4.65. The molecule has 4 aromatic rings. The quantitative estimate of drug-likeness (QED) is 0.378. The first-order chi connectivity index (χ1) is 17.5. The maximum absolute atomic E-state index is 13.6. The lowest BCUT2D eigenvalue weighted by molar-refractivity contribution is -0.199. The Labute approximate surface area is 210 Å². The van der Waals surface area contributed by atoms with E-state index < -0.39 is 0 Å². The molecule has 3 saturated carbocycles. The fourth-order valence-corrected chi connectivity index (χ4v) is 6.36. The molecule has 1 amide bonds. The lowest BCUT2D eigenvalue weighted by Crippen LogP contribution is -2.67. The van der Waals surface area contributed by atoms with Gasteiger partial charge in [0, 0.05) is 18.1 Å². The van der Waals surface area contributed by atoms with Crippen LogP contribution in [0.1, 0.15) is 41.6 Å². The average molecular weight is 473 g/mol. The molecule has 0 saturated heterocycles. The van der Waals surface area contributed by atoms with Crippen molar-refractivity contribution < 1.29 is 4.79 Å². The second-order valence-corrected chi connectivity index (χ2v) is 10.9. The van der Waals surface area contributed by atoms with Crippen molar-refractivity contribution in [1.29, 1.82) is 0 Å². The summed E-state index contributed by atoms with van der Waals surface area (Å²) in [6, 6.07) is 20.7. The predicted octanol–water partition coefficient (Wildman–Crippen LogP) is 5.77. The number of fused-ring (bicyclic) bond motifs is 2. The smallest absolute Gasteiger partial charge is 0.229 e. The molecule has 178 valence electrons. The minimum Gasteiger partial charge on any atom is -0.336 e. The first-order valence-electron chi connectivity index (χ1n) is 12.8. The Bertz CT molecular complexity index is 1520. The van der Waals surface area contributed by atoms with Crippen molar-refractivity contribution in [2.75, 3.05) is 6.54 Å². The molecule has 3 aliphatic carbocycles. The van der Waals surface area contributed by atoms with Crippen molar-refractivity contribution in [1.82, 2.24) is 19.9 Å². The van der Waals surface area contributed by atoms with Crippen LogP contribution in [0.3, 0.4) is 0 Å². The number of para-hydroxylation sites is 1. The normalized spacial score (nSPS) is 24.3. The maximum Gasteiger partial charge on any atom is 0.229 e. The fraction of sp³-hybridized carbons (Fsp3) is 0.290. The van der Waals surface area contributed by atoms with Gasteiger partial charge in [-0.05, 0) is 61.3 Å². The molecule has 3 heterocycles. The van der Waals surface area contributed by atoms with Gasteiger partial charge in [-0.3, -0.25) is 4.79 Å². The summed E-state index contributed by atoms with van der Waals surface area (Å²) in [6.45, 7) is 3.45. The number of amides is 1. The van der Waals surface area contributed by atoms with Crippen LogP contribution in [0.2, 0.25) is 0 Å². The number of rotatable bonds is 4. The molecule has 3 fully saturated rings. The van der Waals surface area contributed by atoms with E-state index in [-0.39, 0.29) is 10.8 Å². The van der Waals surface area contributed by atoms with E-state index >= 15 is 0 Å². The zero-order valence-electron chi connectivity index (χ0n) is 20.4. The number of aromatic nitrogens is 3. The summed E-state index contributed by atoms with van der Waals surface area (Å²) in [5.74, 6) is 0.939. The van der Waals surface area contributed by atoms with E-state index in [4.69, 9.17) is 9.97 Å². The summed E-state index contributed by atoms with van der Waals surface area (Å²) in [4.78, 5) is 29.7. The standard InChI is InChI=1S/C31H28N4O/c1-21-6-8-22(9-7-21)12-14-30-18-31(19-30,20-30)29(36)35-15-13-23-10-11-26(33-27(23)17-35)28-32-16-24-4-2-3-5-25(24)34-28/h2-12,14,16H,13,15,17-20H2,1H3/b14-12+. The van der Waals surface area contributed by atoms with Gasteiger partial charge in [-0.2, -0.15) is 0 Å². The second kappa shape index (κ2) is 7.82. The Morgan fingerprint density at radius 1 is 0.972 bits per heavy atom. The summed E-state index contributed by atoms with van der Waals surface area (Å²) in [5, 5.41) is 1.01. The number of hydrogen-bond acceptors (Lipinski definition) is 4. The lowest BCUT2D eigenvalue weighted by Gasteiger charge is -2.69. The van der Waals surface area contributed by atoms with Crippen LogP contribution in [0.5, 0.6) is 0 Å². The highest BCUT2D eigenvalue weighted by Crippen LogP contribution is 2.74. The number of nitrogens with zero attached hydrogens (tertiary/aromatic N) is 4. The summed E-state index contributed by atoms with van der Waals surface area (Å²) in [7, 11) is 0. The van der Waals surface area contributed by atoms with Gasteiger partial charge < -0.3 is 4.90 Å². The van der Waals surface area contributed by atoms with E-state index in [1.54, 1.807) is 0 Å². The predicted molar refractivity (Wildman–Crippen MR) is 141 cm³/mol. The van der Waals surface area contributed by atoms with Gasteiger partial charge in [-0.15, -0.1) is 0 Å². The molecule has 0 unspecified atom stereocenters. The van der Waals surface area contributed by atoms with E-state index in [1.807, 2.05) is 41.4 Å². The van der Waals surface area contributed by atoms with Crippen LogP contribution < -0.4 is 0 Å². The molecule has 0 spiro atoms. The molecular weight excluding hydrogens is 444 g/mol. The second-order valence-electron chi connectivity index (χ2n) is 10.9. The molecule has 0 radical (unpaired) electrons. The molecule has 2 aromatic heterocycles. The molecule has 0 atom stereocenters. The third-order valence-electron chi connectivity index (χ3n) is 8.30. The Morgan fingerprint density at radius 3 is 2.61 bits per heavy atom. The minimum absolute atomic E-state index is 0.159. The van der Waals surface area contributed by atoms with E-state index in [1.165, 1.54) is 16.7 Å². The van der Waals surface area contributed by atoms with Gasteiger partial charge in [0.15, 0.2) is 5.82 Å². The van der Waals surface area contributed by atoms with Crippen LogP contribution in [0.4, 0.5) is 0 Å². The summed E-state index contributed by atoms with van der Waals surface area (Å²) < 4.78 is 0. The summed E-state index contributed by atoms with van der Waals surface area (Å²) in [6.07, 6.45) is 10.2. The number of hydrogen-bond donors (Lipinski definition) is 0. The number of carbonyl (C=O) groups is 1. The van der Waals surface area contributed by atoms with Gasteiger partial charge in [-0.25, -0.2) is 15.0 Å². The monoisotopic (exact) mass is 472 g/mol. The number of allylic oxidation sites excluding steroid dienone is 1. The maximum atomic E-state index is 13.6. The molecule has 2 aromatic carbocycles. The van der Waals surface area contributed by atoms with Gasteiger partial charge in [0.2, 0.25) is 5.91 Å². The molecule has 2 bridgehead atoms. The third kappa shape index (κ3) is 3.45. The van der Waals surface area contributed by atoms with Crippen LogP contribution in [-0.2, 0) is 17.8 Å². The molecule has 36 heavy (non-hydrogen) atoms. The van der Waals surface area contributed by atoms with Crippen molar-refractivity contribution >= 4 is 22.9 Å². The van der Waals surface area contributed by atoms with Crippen molar-refractivity contribution in [3.63, 3.8) is 0 Å². The first kappa shape index (κ1) is 21.4. The number of benzene rings is 2. The van der Waals surface area contributed by atoms with Gasteiger partial charge in [0.25, 0.3) is 0 Å². The van der Waals surface area contributed by atoms with Crippen molar-refractivity contribution in [3.8, 4) is 11.5 Å². The SMILES string of the molecule is Cc1ccc(/C=C/C23CC(C(=O)N4CCc5ccc(-c6ncc7ccccc7n6)nc5C4)(C2)C3)cc1. The minimum atomic E-state index is -0.159. The van der Waals surface area contributed by atoms with Crippen molar-refractivity contribution in [2.45, 2.75) is 39.2 Å². The fourth-order valence-electron chi connectivity index (χ4n) is 6.36. The number of carbonyl (C=O) groups excluding carboxylic acids is 1.